The lowest BCUT2D eigenvalue weighted by Gasteiger charge is -2.38. The molecule has 0 N–H and O–H groups in total. The summed E-state index contributed by atoms with van der Waals surface area (Å²) < 4.78 is 25.6. The molecule has 1 aliphatic heterocycles. The smallest absolute Gasteiger partial charge is 0.250 e. The third-order valence-electron chi connectivity index (χ3n) is 4.75. The molecule has 0 bridgehead atoms. The molecular formula is C18H20FN3O2. The molecule has 2 fully saturated rings. The highest BCUT2D eigenvalue weighted by Crippen LogP contribution is 2.33. The van der Waals surface area contributed by atoms with Gasteiger partial charge in [0.2, 0.25) is 0 Å². The van der Waals surface area contributed by atoms with Gasteiger partial charge in [-0.15, -0.1) is 0 Å². The number of hydrogen-bond donors (Lipinski definition) is 0. The maximum Gasteiger partial charge on any atom is 0.250 e. The largest absolute Gasteiger partial charge is 0.469 e. The van der Waals surface area contributed by atoms with Crippen molar-refractivity contribution in [3.8, 4) is 5.88 Å². The molecule has 1 aliphatic carbocycles. The van der Waals surface area contributed by atoms with Crippen molar-refractivity contribution < 1.29 is 13.9 Å². The molecule has 3 atom stereocenters. The fourth-order valence-corrected chi connectivity index (χ4v) is 3.64. The molecule has 0 aromatic carbocycles. The summed E-state index contributed by atoms with van der Waals surface area (Å²) in [6.45, 7) is 2.40. The fourth-order valence-electron chi connectivity index (χ4n) is 3.64. The lowest BCUT2D eigenvalue weighted by Crippen LogP contribution is -2.51. The Labute approximate surface area is 140 Å². The molecule has 1 saturated carbocycles. The molecule has 1 saturated heterocycles. The first kappa shape index (κ1) is 15.5. The molecular weight excluding hydrogens is 309 g/mol. The minimum atomic E-state index is -0.427. The molecule has 0 spiro atoms. The van der Waals surface area contributed by atoms with Crippen LogP contribution in [-0.2, 0) is 11.3 Å². The van der Waals surface area contributed by atoms with Crippen molar-refractivity contribution in [2.45, 2.75) is 37.6 Å². The van der Waals surface area contributed by atoms with Gasteiger partial charge in [-0.2, -0.15) is 0 Å². The van der Waals surface area contributed by atoms with Crippen LogP contribution < -0.4 is 4.74 Å². The van der Waals surface area contributed by atoms with E-state index in [1.54, 1.807) is 18.5 Å². The van der Waals surface area contributed by atoms with Gasteiger partial charge in [0.1, 0.15) is 12.2 Å². The van der Waals surface area contributed by atoms with Gasteiger partial charge in [0.05, 0.1) is 6.61 Å². The molecule has 2 aromatic rings. The third-order valence-corrected chi connectivity index (χ3v) is 4.75. The molecule has 126 valence electrons. The van der Waals surface area contributed by atoms with Gasteiger partial charge in [-0.3, -0.25) is 9.88 Å². The van der Waals surface area contributed by atoms with Crippen molar-refractivity contribution in [2.75, 3.05) is 13.2 Å². The number of morpholine rings is 1. The van der Waals surface area contributed by atoms with E-state index in [0.29, 0.717) is 6.61 Å². The van der Waals surface area contributed by atoms with E-state index in [-0.39, 0.29) is 24.1 Å². The topological polar surface area (TPSA) is 47.5 Å². The van der Waals surface area contributed by atoms with Crippen LogP contribution in [0.25, 0.3) is 0 Å². The lowest BCUT2D eigenvalue weighted by atomic mass is 10.1. The Balaban J connectivity index is 1.45. The minimum Gasteiger partial charge on any atom is -0.469 e. The van der Waals surface area contributed by atoms with Crippen LogP contribution in [-0.4, -0.2) is 46.3 Å². The zero-order valence-electron chi connectivity index (χ0n) is 13.3. The zero-order valence-corrected chi connectivity index (χ0v) is 13.3. The zero-order chi connectivity index (χ0) is 16.4. The van der Waals surface area contributed by atoms with Crippen LogP contribution >= 0.6 is 0 Å². The van der Waals surface area contributed by atoms with Crippen molar-refractivity contribution in [3.05, 3.63) is 54.2 Å². The van der Waals surface area contributed by atoms with Gasteiger partial charge >= 0.3 is 0 Å². The monoisotopic (exact) mass is 329 g/mol. The molecule has 3 heterocycles. The highest BCUT2D eigenvalue weighted by atomic mass is 19.1. The summed E-state index contributed by atoms with van der Waals surface area (Å²) in [5.74, 6) is -0.361. The van der Waals surface area contributed by atoms with E-state index in [9.17, 15) is 4.39 Å². The molecule has 0 radical (unpaired) electrons. The van der Waals surface area contributed by atoms with Gasteiger partial charge in [-0.25, -0.2) is 9.37 Å². The first-order chi connectivity index (χ1) is 11.8. The summed E-state index contributed by atoms with van der Waals surface area (Å²) in [7, 11) is 0. The third kappa shape index (κ3) is 3.12. The van der Waals surface area contributed by atoms with E-state index in [1.807, 2.05) is 12.3 Å². The Bertz CT molecular complexity index is 685. The predicted molar refractivity (Wildman–Crippen MR) is 86.0 cm³/mol. The fraction of sp³-hybridized carbons (Fsp3) is 0.444. The minimum absolute atomic E-state index is 0.0446. The van der Waals surface area contributed by atoms with Gasteiger partial charge in [0, 0.05) is 37.7 Å². The summed E-state index contributed by atoms with van der Waals surface area (Å²) in [5, 5.41) is 0. The van der Waals surface area contributed by atoms with E-state index in [0.717, 1.165) is 25.9 Å². The maximum absolute atomic E-state index is 13.8. The number of hydrogen-bond acceptors (Lipinski definition) is 5. The van der Waals surface area contributed by atoms with Crippen molar-refractivity contribution in [1.29, 1.82) is 0 Å². The van der Waals surface area contributed by atoms with Crippen LogP contribution in [0.15, 0.2) is 42.9 Å². The summed E-state index contributed by atoms with van der Waals surface area (Å²) in [6, 6.07) is 7.26. The van der Waals surface area contributed by atoms with Gasteiger partial charge in [0.25, 0.3) is 5.88 Å². The van der Waals surface area contributed by atoms with Crippen LogP contribution in [0.2, 0.25) is 0 Å². The van der Waals surface area contributed by atoms with Crippen molar-refractivity contribution >= 4 is 0 Å². The Morgan fingerprint density at radius 1 is 1.25 bits per heavy atom. The normalized spacial score (nSPS) is 27.0. The number of fused-ring (bicyclic) bond motifs is 1. The van der Waals surface area contributed by atoms with Gasteiger partial charge < -0.3 is 9.47 Å². The Hall–Kier alpha value is -2.05. The number of halogens is 1. The first-order valence-corrected chi connectivity index (χ1v) is 8.33. The Kier molecular flexibility index (Phi) is 4.40. The van der Waals surface area contributed by atoms with Gasteiger partial charge in [-0.05, 0) is 36.6 Å². The summed E-state index contributed by atoms with van der Waals surface area (Å²) in [5.41, 5.74) is 1.19. The number of nitrogens with zero attached hydrogens (tertiary/aromatic N) is 3. The van der Waals surface area contributed by atoms with Gasteiger partial charge in [-0.1, -0.05) is 6.07 Å². The summed E-state index contributed by atoms with van der Waals surface area (Å²) in [4.78, 5) is 10.6. The van der Waals surface area contributed by atoms with Crippen LogP contribution in [0.4, 0.5) is 4.39 Å². The van der Waals surface area contributed by atoms with Crippen molar-refractivity contribution in [2.24, 2.45) is 0 Å². The van der Waals surface area contributed by atoms with E-state index < -0.39 is 5.82 Å². The molecule has 24 heavy (non-hydrogen) atoms. The molecule has 2 aromatic heterocycles. The standard InChI is InChI=1S/C18H20FN3O2/c19-14-4-2-8-21-18(14)24-16-6-5-15-17(16)23-10-9-22(15)12-13-3-1-7-20-11-13/h1-4,7-8,11,15-17H,5-6,9-10,12H2/t15-,16+,17+/m0/s1. The van der Waals surface area contributed by atoms with Crippen molar-refractivity contribution in [1.82, 2.24) is 14.9 Å². The summed E-state index contributed by atoms with van der Waals surface area (Å²) in [6.07, 6.45) is 6.84. The quantitative estimate of drug-likeness (QED) is 0.862. The number of ether oxygens (including phenoxy) is 2. The van der Waals surface area contributed by atoms with E-state index in [2.05, 4.69) is 20.9 Å². The second-order valence-electron chi connectivity index (χ2n) is 6.26. The van der Waals surface area contributed by atoms with Crippen LogP contribution in [0, 0.1) is 5.82 Å². The molecule has 2 aliphatic rings. The van der Waals surface area contributed by atoms with E-state index in [1.165, 1.54) is 11.6 Å². The molecule has 5 nitrogen and oxygen atoms in total. The number of rotatable bonds is 4. The average molecular weight is 329 g/mol. The maximum atomic E-state index is 13.8. The van der Waals surface area contributed by atoms with Gasteiger partial charge in [0.15, 0.2) is 5.82 Å². The second-order valence-corrected chi connectivity index (χ2v) is 6.26. The molecule has 4 rings (SSSR count). The highest BCUT2D eigenvalue weighted by Gasteiger charge is 2.44. The number of aromatic nitrogens is 2. The van der Waals surface area contributed by atoms with Crippen LogP contribution in [0.5, 0.6) is 5.88 Å². The average Bonchev–Trinajstić information content (AvgIpc) is 3.02. The molecule has 0 amide bonds. The van der Waals surface area contributed by atoms with E-state index in [4.69, 9.17) is 9.47 Å². The SMILES string of the molecule is Fc1cccnc1O[C@@H]1CC[C@H]2[C@H]1OCCN2Cc1cccnc1. The van der Waals surface area contributed by atoms with Crippen LogP contribution in [0.1, 0.15) is 18.4 Å². The van der Waals surface area contributed by atoms with Crippen molar-refractivity contribution in [3.63, 3.8) is 0 Å². The molecule has 0 unspecified atom stereocenters. The second kappa shape index (κ2) is 6.83. The van der Waals surface area contributed by atoms with Crippen LogP contribution in [0.3, 0.4) is 0 Å². The lowest BCUT2D eigenvalue weighted by molar-refractivity contribution is -0.0927. The Morgan fingerprint density at radius 3 is 3.00 bits per heavy atom. The predicted octanol–water partition coefficient (Wildman–Crippen LogP) is 2.43. The summed E-state index contributed by atoms with van der Waals surface area (Å²) >= 11 is 0. The van der Waals surface area contributed by atoms with E-state index >= 15 is 0 Å². The number of pyridine rings is 2. The first-order valence-electron chi connectivity index (χ1n) is 8.33. The highest BCUT2D eigenvalue weighted by molar-refractivity contribution is 5.15. The molecule has 6 heteroatoms. The Morgan fingerprint density at radius 2 is 2.17 bits per heavy atom.